The molecule has 0 saturated heterocycles. The van der Waals surface area contributed by atoms with Crippen molar-refractivity contribution in [2.45, 2.75) is 37.6 Å². The lowest BCUT2D eigenvalue weighted by Crippen LogP contribution is -1.96. The molecule has 0 bridgehead atoms. The molecule has 3 aromatic rings. The van der Waals surface area contributed by atoms with E-state index in [0.717, 1.165) is 29.5 Å². The summed E-state index contributed by atoms with van der Waals surface area (Å²) in [6.45, 7) is 4.18. The molecule has 114 valence electrons. The summed E-state index contributed by atoms with van der Waals surface area (Å²) in [5.74, 6) is 2.05. The standard InChI is InChI=1S/C16H18N4OS/c1-3-5-14-18-15(21-19-14)11-22-16-17-8-9-20(16)13-7-4-6-12(2)10-13/h4,6-10H,3,5,11H2,1-2H3. The molecule has 0 saturated carbocycles. The topological polar surface area (TPSA) is 56.7 Å². The average molecular weight is 314 g/mol. The van der Waals surface area contributed by atoms with Crippen LogP contribution in [-0.2, 0) is 12.2 Å². The summed E-state index contributed by atoms with van der Waals surface area (Å²) in [7, 11) is 0. The zero-order valence-corrected chi connectivity index (χ0v) is 13.5. The van der Waals surface area contributed by atoms with Gasteiger partial charge in [-0.3, -0.25) is 4.57 Å². The van der Waals surface area contributed by atoms with Gasteiger partial charge in [0.1, 0.15) is 0 Å². The van der Waals surface area contributed by atoms with Gasteiger partial charge in [-0.1, -0.05) is 36.0 Å². The monoisotopic (exact) mass is 314 g/mol. The molecule has 0 radical (unpaired) electrons. The van der Waals surface area contributed by atoms with E-state index in [1.807, 2.05) is 12.3 Å². The number of rotatable bonds is 6. The lowest BCUT2D eigenvalue weighted by atomic mass is 10.2. The summed E-state index contributed by atoms with van der Waals surface area (Å²) in [6, 6.07) is 8.34. The predicted molar refractivity (Wildman–Crippen MR) is 86.2 cm³/mol. The molecule has 2 heterocycles. The van der Waals surface area contributed by atoms with Crippen molar-refractivity contribution in [3.8, 4) is 5.69 Å². The van der Waals surface area contributed by atoms with Gasteiger partial charge in [0.15, 0.2) is 11.0 Å². The Morgan fingerprint density at radius 3 is 3.05 bits per heavy atom. The number of hydrogen-bond donors (Lipinski definition) is 0. The molecule has 0 spiro atoms. The molecule has 5 nitrogen and oxygen atoms in total. The van der Waals surface area contributed by atoms with Gasteiger partial charge in [0.05, 0.1) is 5.75 Å². The van der Waals surface area contributed by atoms with Crippen LogP contribution in [0.1, 0.15) is 30.6 Å². The van der Waals surface area contributed by atoms with E-state index in [4.69, 9.17) is 4.52 Å². The fourth-order valence-electron chi connectivity index (χ4n) is 2.17. The minimum atomic E-state index is 0.625. The van der Waals surface area contributed by atoms with Crippen LogP contribution in [0.4, 0.5) is 0 Å². The van der Waals surface area contributed by atoms with Crippen LogP contribution in [0.2, 0.25) is 0 Å². The van der Waals surface area contributed by atoms with Gasteiger partial charge < -0.3 is 4.52 Å². The van der Waals surface area contributed by atoms with Crippen LogP contribution < -0.4 is 0 Å². The largest absolute Gasteiger partial charge is 0.338 e. The third-order valence-electron chi connectivity index (χ3n) is 3.20. The first-order valence-electron chi connectivity index (χ1n) is 7.31. The number of aryl methyl sites for hydroxylation is 2. The first-order chi connectivity index (χ1) is 10.8. The highest BCUT2D eigenvalue weighted by atomic mass is 32.2. The Morgan fingerprint density at radius 2 is 2.23 bits per heavy atom. The molecule has 0 unspecified atom stereocenters. The van der Waals surface area contributed by atoms with E-state index >= 15 is 0 Å². The first-order valence-corrected chi connectivity index (χ1v) is 8.29. The van der Waals surface area contributed by atoms with E-state index < -0.39 is 0 Å². The summed E-state index contributed by atoms with van der Waals surface area (Å²) < 4.78 is 7.33. The number of aromatic nitrogens is 4. The SMILES string of the molecule is CCCc1noc(CSc2nccn2-c2cccc(C)c2)n1. The van der Waals surface area contributed by atoms with Crippen molar-refractivity contribution in [1.82, 2.24) is 19.7 Å². The van der Waals surface area contributed by atoms with E-state index in [-0.39, 0.29) is 0 Å². The van der Waals surface area contributed by atoms with Gasteiger partial charge >= 0.3 is 0 Å². The maximum absolute atomic E-state index is 5.26. The summed E-state index contributed by atoms with van der Waals surface area (Å²) in [6.07, 6.45) is 5.64. The Bertz CT molecular complexity index is 750. The molecule has 0 N–H and O–H groups in total. The fourth-order valence-corrected chi connectivity index (χ4v) is 2.98. The smallest absolute Gasteiger partial charge is 0.237 e. The zero-order chi connectivity index (χ0) is 15.4. The normalized spacial score (nSPS) is 11.0. The van der Waals surface area contributed by atoms with Crippen molar-refractivity contribution in [2.24, 2.45) is 0 Å². The number of benzene rings is 1. The molecule has 22 heavy (non-hydrogen) atoms. The molecule has 0 aliphatic heterocycles. The van der Waals surface area contributed by atoms with E-state index in [9.17, 15) is 0 Å². The maximum Gasteiger partial charge on any atom is 0.237 e. The van der Waals surface area contributed by atoms with Crippen LogP contribution in [0.15, 0.2) is 46.3 Å². The van der Waals surface area contributed by atoms with Gasteiger partial charge in [-0.15, -0.1) is 0 Å². The summed E-state index contributed by atoms with van der Waals surface area (Å²) in [5.41, 5.74) is 2.33. The van der Waals surface area contributed by atoms with Gasteiger partial charge in [0.25, 0.3) is 0 Å². The van der Waals surface area contributed by atoms with Crippen molar-refractivity contribution >= 4 is 11.8 Å². The van der Waals surface area contributed by atoms with E-state index in [1.165, 1.54) is 5.56 Å². The molecule has 3 rings (SSSR count). The van der Waals surface area contributed by atoms with Crippen molar-refractivity contribution in [3.05, 3.63) is 53.9 Å². The number of hydrogen-bond acceptors (Lipinski definition) is 5. The Hall–Kier alpha value is -2.08. The first kappa shape index (κ1) is 14.8. The Morgan fingerprint density at radius 1 is 1.32 bits per heavy atom. The van der Waals surface area contributed by atoms with Crippen LogP contribution in [-0.4, -0.2) is 19.7 Å². The van der Waals surface area contributed by atoms with Crippen LogP contribution in [0.3, 0.4) is 0 Å². The number of thioether (sulfide) groups is 1. The highest BCUT2D eigenvalue weighted by Crippen LogP contribution is 2.24. The molecule has 0 aliphatic carbocycles. The van der Waals surface area contributed by atoms with E-state index in [0.29, 0.717) is 11.6 Å². The Kier molecular flexibility index (Phi) is 4.58. The number of imidazole rings is 1. The summed E-state index contributed by atoms with van der Waals surface area (Å²) in [4.78, 5) is 8.80. The number of nitrogens with zero attached hydrogens (tertiary/aromatic N) is 4. The quantitative estimate of drug-likeness (QED) is 0.648. The van der Waals surface area contributed by atoms with Crippen LogP contribution in [0.25, 0.3) is 5.69 Å². The van der Waals surface area contributed by atoms with Crippen LogP contribution in [0, 0.1) is 6.92 Å². The molecule has 6 heteroatoms. The van der Waals surface area contributed by atoms with Crippen molar-refractivity contribution < 1.29 is 4.52 Å². The van der Waals surface area contributed by atoms with Crippen molar-refractivity contribution in [3.63, 3.8) is 0 Å². The molecule has 0 fully saturated rings. The second-order valence-corrected chi connectivity index (χ2v) is 6.00. The molecule has 0 amide bonds. The van der Waals surface area contributed by atoms with Gasteiger partial charge in [-0.05, 0) is 31.0 Å². The predicted octanol–water partition coefficient (Wildman–Crippen LogP) is 3.81. The molecule has 0 aliphatic rings. The lowest BCUT2D eigenvalue weighted by molar-refractivity contribution is 0.384. The highest BCUT2D eigenvalue weighted by Gasteiger charge is 2.10. The van der Waals surface area contributed by atoms with Gasteiger partial charge in [-0.25, -0.2) is 4.98 Å². The molecule has 0 atom stereocenters. The second-order valence-electron chi connectivity index (χ2n) is 5.06. The fraction of sp³-hybridized carbons (Fsp3) is 0.312. The zero-order valence-electron chi connectivity index (χ0n) is 12.7. The minimum absolute atomic E-state index is 0.625. The third kappa shape index (κ3) is 3.39. The average Bonchev–Trinajstić information content (AvgIpc) is 3.14. The molecular weight excluding hydrogens is 296 g/mol. The minimum Gasteiger partial charge on any atom is -0.338 e. The lowest BCUT2D eigenvalue weighted by Gasteiger charge is -2.07. The van der Waals surface area contributed by atoms with Gasteiger partial charge in [-0.2, -0.15) is 4.98 Å². The van der Waals surface area contributed by atoms with Gasteiger partial charge in [0.2, 0.25) is 5.89 Å². The summed E-state index contributed by atoms with van der Waals surface area (Å²) >= 11 is 1.59. The maximum atomic E-state index is 5.26. The third-order valence-corrected chi connectivity index (χ3v) is 4.15. The Balaban J connectivity index is 1.72. The second kappa shape index (κ2) is 6.79. The molecule has 1 aromatic carbocycles. The Labute approximate surface area is 133 Å². The molecular formula is C16H18N4OS. The van der Waals surface area contributed by atoms with E-state index in [2.05, 4.69) is 51.7 Å². The van der Waals surface area contributed by atoms with Crippen molar-refractivity contribution in [1.29, 1.82) is 0 Å². The van der Waals surface area contributed by atoms with Crippen molar-refractivity contribution in [2.75, 3.05) is 0 Å². The van der Waals surface area contributed by atoms with E-state index in [1.54, 1.807) is 18.0 Å². The van der Waals surface area contributed by atoms with Gasteiger partial charge in [0, 0.05) is 24.5 Å². The van der Waals surface area contributed by atoms with Crippen LogP contribution in [0.5, 0.6) is 0 Å². The van der Waals surface area contributed by atoms with Crippen LogP contribution >= 0.6 is 11.8 Å². The highest BCUT2D eigenvalue weighted by molar-refractivity contribution is 7.98. The summed E-state index contributed by atoms with van der Waals surface area (Å²) in [5, 5.41) is 4.89. The molecule has 2 aromatic heterocycles.